The van der Waals surface area contributed by atoms with Crippen molar-refractivity contribution in [2.24, 2.45) is 16.8 Å². The van der Waals surface area contributed by atoms with Crippen LogP contribution in [0.25, 0.3) is 0 Å². The van der Waals surface area contributed by atoms with E-state index in [-0.39, 0.29) is 0 Å². The van der Waals surface area contributed by atoms with Gasteiger partial charge in [-0.05, 0) is 24.3 Å². The minimum Gasteiger partial charge on any atom is -0.379 e. The number of ether oxygens (including phenoxy) is 2. The maximum absolute atomic E-state index is 5.98. The van der Waals surface area contributed by atoms with Gasteiger partial charge in [0, 0.05) is 51.7 Å². The van der Waals surface area contributed by atoms with E-state index in [0.29, 0.717) is 24.5 Å². The predicted octanol–water partition coefficient (Wildman–Crippen LogP) is 2.85. The average molecular weight is 417 g/mol. The molecule has 168 valence electrons. The van der Waals surface area contributed by atoms with Crippen LogP contribution in [0.3, 0.4) is 0 Å². The highest BCUT2D eigenvalue weighted by molar-refractivity contribution is 5.80. The molecule has 1 aromatic rings. The Balaban J connectivity index is 1.43. The van der Waals surface area contributed by atoms with Crippen molar-refractivity contribution < 1.29 is 9.47 Å². The maximum Gasteiger partial charge on any atom is 0.193 e. The van der Waals surface area contributed by atoms with Gasteiger partial charge in [-0.15, -0.1) is 0 Å². The summed E-state index contributed by atoms with van der Waals surface area (Å²) in [6, 6.07) is 10.9. The van der Waals surface area contributed by atoms with E-state index >= 15 is 0 Å². The van der Waals surface area contributed by atoms with E-state index in [2.05, 4.69) is 58.2 Å². The molecule has 0 saturated carbocycles. The number of hydrogen-bond donors (Lipinski definition) is 1. The molecule has 2 aliphatic heterocycles. The fourth-order valence-corrected chi connectivity index (χ4v) is 4.47. The molecule has 1 N–H and O–H groups in total. The van der Waals surface area contributed by atoms with E-state index in [1.54, 1.807) is 0 Å². The fraction of sp³-hybridized carbons (Fsp3) is 0.708. The zero-order valence-electron chi connectivity index (χ0n) is 19.1. The van der Waals surface area contributed by atoms with E-state index in [1.165, 1.54) is 12.0 Å². The van der Waals surface area contributed by atoms with Gasteiger partial charge in [-0.1, -0.05) is 44.2 Å². The summed E-state index contributed by atoms with van der Waals surface area (Å²) in [6.07, 6.45) is 2.36. The van der Waals surface area contributed by atoms with Crippen LogP contribution in [-0.4, -0.2) is 81.4 Å². The highest BCUT2D eigenvalue weighted by Gasteiger charge is 2.27. The third-order valence-corrected chi connectivity index (χ3v) is 6.06. The van der Waals surface area contributed by atoms with Crippen LogP contribution in [0, 0.1) is 11.8 Å². The summed E-state index contributed by atoms with van der Waals surface area (Å²) in [5.41, 5.74) is 1.24. The van der Waals surface area contributed by atoms with Crippen LogP contribution in [0.15, 0.2) is 35.3 Å². The summed E-state index contributed by atoms with van der Waals surface area (Å²) in [6.45, 7) is 12.9. The van der Waals surface area contributed by atoms with Crippen molar-refractivity contribution in [3.8, 4) is 0 Å². The summed E-state index contributed by atoms with van der Waals surface area (Å²) in [5.74, 6) is 2.28. The van der Waals surface area contributed by atoms with Crippen LogP contribution in [-0.2, 0) is 16.1 Å². The first-order valence-corrected chi connectivity index (χ1v) is 11.5. The molecule has 0 radical (unpaired) electrons. The Morgan fingerprint density at radius 2 is 1.97 bits per heavy atom. The first-order valence-electron chi connectivity index (χ1n) is 11.5. The lowest BCUT2D eigenvalue weighted by atomic mass is 10.0. The van der Waals surface area contributed by atoms with Gasteiger partial charge in [-0.2, -0.15) is 0 Å². The molecule has 6 heteroatoms. The highest BCUT2D eigenvalue weighted by Crippen LogP contribution is 2.18. The standard InChI is InChI=1S/C24H40N4O2/c1-20(2)15-23(27-11-13-29-14-12-27)16-26-24(25-3)28-10-9-22(17-28)19-30-18-21-7-5-4-6-8-21/h4-8,20,22-23H,9-19H2,1-3H3,(H,25,26). The molecule has 0 aromatic heterocycles. The molecular weight excluding hydrogens is 376 g/mol. The molecule has 0 amide bonds. The molecule has 1 aromatic carbocycles. The Kier molecular flexibility index (Phi) is 9.43. The lowest BCUT2D eigenvalue weighted by Crippen LogP contribution is -2.51. The van der Waals surface area contributed by atoms with Crippen LogP contribution in [0.1, 0.15) is 32.3 Å². The zero-order valence-corrected chi connectivity index (χ0v) is 19.1. The number of likely N-dealkylation sites (tertiary alicyclic amines) is 1. The molecule has 2 unspecified atom stereocenters. The van der Waals surface area contributed by atoms with Gasteiger partial charge in [0.25, 0.3) is 0 Å². The summed E-state index contributed by atoms with van der Waals surface area (Å²) in [5, 5.41) is 3.67. The van der Waals surface area contributed by atoms with Crippen LogP contribution >= 0.6 is 0 Å². The summed E-state index contributed by atoms with van der Waals surface area (Å²) < 4.78 is 11.5. The molecule has 0 spiro atoms. The minimum absolute atomic E-state index is 0.526. The predicted molar refractivity (Wildman–Crippen MR) is 123 cm³/mol. The number of aliphatic imine (C=N–C) groups is 1. The summed E-state index contributed by atoms with van der Waals surface area (Å²) in [7, 11) is 1.90. The van der Waals surface area contributed by atoms with Crippen molar-refractivity contribution in [2.75, 3.05) is 59.6 Å². The molecule has 30 heavy (non-hydrogen) atoms. The lowest BCUT2D eigenvalue weighted by Gasteiger charge is -2.36. The van der Waals surface area contributed by atoms with Crippen molar-refractivity contribution in [1.29, 1.82) is 0 Å². The molecule has 3 rings (SSSR count). The van der Waals surface area contributed by atoms with Gasteiger partial charge in [0.15, 0.2) is 5.96 Å². The Morgan fingerprint density at radius 1 is 1.20 bits per heavy atom. The van der Waals surface area contributed by atoms with Crippen LogP contribution in [0.5, 0.6) is 0 Å². The van der Waals surface area contributed by atoms with Gasteiger partial charge < -0.3 is 19.7 Å². The Morgan fingerprint density at radius 3 is 2.67 bits per heavy atom. The van der Waals surface area contributed by atoms with Gasteiger partial charge in [-0.3, -0.25) is 9.89 Å². The molecule has 6 nitrogen and oxygen atoms in total. The van der Waals surface area contributed by atoms with Gasteiger partial charge in [0.1, 0.15) is 0 Å². The Bertz CT molecular complexity index is 631. The van der Waals surface area contributed by atoms with Gasteiger partial charge in [-0.25, -0.2) is 0 Å². The molecule has 2 aliphatic rings. The molecule has 0 bridgehead atoms. The second-order valence-electron chi connectivity index (χ2n) is 8.96. The SMILES string of the molecule is CN=C(NCC(CC(C)C)N1CCOCC1)N1CCC(COCc2ccccc2)C1. The summed E-state index contributed by atoms with van der Waals surface area (Å²) >= 11 is 0. The molecule has 0 aliphatic carbocycles. The highest BCUT2D eigenvalue weighted by atomic mass is 16.5. The van der Waals surface area contributed by atoms with Gasteiger partial charge >= 0.3 is 0 Å². The lowest BCUT2D eigenvalue weighted by molar-refractivity contribution is 0.0131. The van der Waals surface area contributed by atoms with Crippen molar-refractivity contribution in [3.05, 3.63) is 35.9 Å². The van der Waals surface area contributed by atoms with Crippen LogP contribution in [0.4, 0.5) is 0 Å². The van der Waals surface area contributed by atoms with Crippen molar-refractivity contribution in [3.63, 3.8) is 0 Å². The van der Waals surface area contributed by atoms with E-state index in [1.807, 2.05) is 13.1 Å². The molecule has 2 atom stereocenters. The topological polar surface area (TPSA) is 49.3 Å². The first-order chi connectivity index (χ1) is 14.7. The maximum atomic E-state index is 5.98. The number of benzene rings is 1. The van der Waals surface area contributed by atoms with E-state index in [9.17, 15) is 0 Å². The number of nitrogens with one attached hydrogen (secondary N) is 1. The summed E-state index contributed by atoms with van der Waals surface area (Å²) in [4.78, 5) is 9.54. The van der Waals surface area contributed by atoms with E-state index < -0.39 is 0 Å². The number of guanidine groups is 1. The molecule has 2 saturated heterocycles. The third kappa shape index (κ3) is 7.25. The van der Waals surface area contributed by atoms with Gasteiger partial charge in [0.05, 0.1) is 26.4 Å². The first kappa shape index (κ1) is 23.0. The Hall–Kier alpha value is -1.63. The van der Waals surface area contributed by atoms with Crippen molar-refractivity contribution >= 4 is 5.96 Å². The van der Waals surface area contributed by atoms with Crippen LogP contribution in [0.2, 0.25) is 0 Å². The Labute approximate surface area is 182 Å². The van der Waals surface area contributed by atoms with E-state index in [0.717, 1.165) is 64.9 Å². The largest absolute Gasteiger partial charge is 0.379 e. The number of morpholine rings is 1. The fourth-order valence-electron chi connectivity index (χ4n) is 4.47. The molecular formula is C24H40N4O2. The molecule has 2 fully saturated rings. The number of hydrogen-bond acceptors (Lipinski definition) is 4. The van der Waals surface area contributed by atoms with Crippen molar-refractivity contribution in [2.45, 2.75) is 39.3 Å². The monoisotopic (exact) mass is 416 g/mol. The normalized spacial score (nSPS) is 21.9. The molecule has 2 heterocycles. The number of rotatable bonds is 9. The van der Waals surface area contributed by atoms with Gasteiger partial charge in [0.2, 0.25) is 0 Å². The average Bonchev–Trinajstić information content (AvgIpc) is 3.23. The number of nitrogens with zero attached hydrogens (tertiary/aromatic N) is 3. The third-order valence-electron chi connectivity index (χ3n) is 6.06. The van der Waals surface area contributed by atoms with E-state index in [4.69, 9.17) is 9.47 Å². The quantitative estimate of drug-likeness (QED) is 0.496. The minimum atomic E-state index is 0.526. The zero-order chi connectivity index (χ0) is 21.2. The van der Waals surface area contributed by atoms with Crippen LogP contribution < -0.4 is 5.32 Å². The van der Waals surface area contributed by atoms with Crippen molar-refractivity contribution in [1.82, 2.24) is 15.1 Å². The second-order valence-corrected chi connectivity index (χ2v) is 8.96. The second kappa shape index (κ2) is 12.3. The smallest absolute Gasteiger partial charge is 0.193 e.